The van der Waals surface area contributed by atoms with Gasteiger partial charge in [0.15, 0.2) is 0 Å². The Balaban J connectivity index is 1.49. The molecule has 0 unspecified atom stereocenters. The number of carboxylic acid groups (broad SMARTS) is 1. The molecule has 0 radical (unpaired) electrons. The first kappa shape index (κ1) is 18.1. The average molecular weight is 384 g/mol. The Labute approximate surface area is 165 Å². The van der Waals surface area contributed by atoms with Gasteiger partial charge in [0.1, 0.15) is 5.69 Å². The summed E-state index contributed by atoms with van der Waals surface area (Å²) in [5.41, 5.74) is 4.64. The normalized spacial score (nSPS) is 11.0. The standard InChI is InChI=1S/C22H16N4O3/c27-21(26-23-13-17-7-3-4-8-18(17)22(28)29)20-12-19(24-25-20)16-10-9-14-5-1-2-6-15(14)11-16/h1-13H,(H,24,25)(H,26,27)(H,28,29). The first-order valence-corrected chi connectivity index (χ1v) is 8.82. The number of nitrogens with one attached hydrogen (secondary N) is 2. The minimum Gasteiger partial charge on any atom is -0.478 e. The molecule has 1 amide bonds. The van der Waals surface area contributed by atoms with E-state index in [9.17, 15) is 9.59 Å². The van der Waals surface area contributed by atoms with Crippen LogP contribution in [-0.4, -0.2) is 33.4 Å². The van der Waals surface area contributed by atoms with Gasteiger partial charge in [0, 0.05) is 11.1 Å². The first-order valence-electron chi connectivity index (χ1n) is 8.82. The number of hydrogen-bond donors (Lipinski definition) is 3. The van der Waals surface area contributed by atoms with Crippen molar-refractivity contribution in [2.24, 2.45) is 5.10 Å². The Morgan fingerprint density at radius 2 is 1.72 bits per heavy atom. The van der Waals surface area contributed by atoms with Gasteiger partial charge in [-0.05, 0) is 29.0 Å². The molecule has 7 heteroatoms. The van der Waals surface area contributed by atoms with Gasteiger partial charge in [-0.3, -0.25) is 9.89 Å². The van der Waals surface area contributed by atoms with Crippen LogP contribution in [0.5, 0.6) is 0 Å². The summed E-state index contributed by atoms with van der Waals surface area (Å²) in [6, 6.07) is 22.0. The first-order chi connectivity index (χ1) is 14.1. The topological polar surface area (TPSA) is 107 Å². The number of fused-ring (bicyclic) bond motifs is 1. The summed E-state index contributed by atoms with van der Waals surface area (Å²) in [5.74, 6) is -1.54. The summed E-state index contributed by atoms with van der Waals surface area (Å²) < 4.78 is 0. The SMILES string of the molecule is O=C(NN=Cc1ccccc1C(=O)O)c1cc(-c2ccc3ccccc3c2)n[nH]1. The van der Waals surface area contributed by atoms with Crippen LogP contribution in [0.2, 0.25) is 0 Å². The molecule has 0 aliphatic heterocycles. The van der Waals surface area contributed by atoms with Crippen molar-refractivity contribution >= 4 is 28.9 Å². The van der Waals surface area contributed by atoms with Gasteiger partial charge in [-0.1, -0.05) is 54.6 Å². The fourth-order valence-electron chi connectivity index (χ4n) is 2.96. The zero-order valence-corrected chi connectivity index (χ0v) is 15.2. The molecule has 3 aromatic carbocycles. The van der Waals surface area contributed by atoms with Crippen LogP contribution in [0.15, 0.2) is 77.9 Å². The Hall–Kier alpha value is -4.26. The van der Waals surface area contributed by atoms with Gasteiger partial charge in [-0.15, -0.1) is 0 Å². The summed E-state index contributed by atoms with van der Waals surface area (Å²) in [5, 5.41) is 22.1. The summed E-state index contributed by atoms with van der Waals surface area (Å²) in [6.45, 7) is 0. The monoisotopic (exact) mass is 384 g/mol. The largest absolute Gasteiger partial charge is 0.478 e. The lowest BCUT2D eigenvalue weighted by Gasteiger charge is -2.00. The van der Waals surface area contributed by atoms with E-state index in [-0.39, 0.29) is 11.3 Å². The molecular weight excluding hydrogens is 368 g/mol. The average Bonchev–Trinajstić information content (AvgIpc) is 3.24. The molecule has 1 aromatic heterocycles. The maximum absolute atomic E-state index is 12.3. The van der Waals surface area contributed by atoms with Crippen molar-refractivity contribution in [3.05, 3.63) is 89.6 Å². The predicted octanol–water partition coefficient (Wildman–Crippen LogP) is 3.69. The van der Waals surface area contributed by atoms with Crippen LogP contribution in [0.3, 0.4) is 0 Å². The second-order valence-corrected chi connectivity index (χ2v) is 6.32. The molecule has 0 saturated carbocycles. The quantitative estimate of drug-likeness (QED) is 0.360. The highest BCUT2D eigenvalue weighted by atomic mass is 16.4. The lowest BCUT2D eigenvalue weighted by Crippen LogP contribution is -2.18. The number of aromatic nitrogens is 2. The molecule has 3 N–H and O–H groups in total. The predicted molar refractivity (Wildman–Crippen MR) is 110 cm³/mol. The van der Waals surface area contributed by atoms with Crippen molar-refractivity contribution in [3.8, 4) is 11.3 Å². The maximum atomic E-state index is 12.3. The van der Waals surface area contributed by atoms with E-state index in [0.717, 1.165) is 16.3 Å². The van der Waals surface area contributed by atoms with Crippen molar-refractivity contribution in [2.75, 3.05) is 0 Å². The smallest absolute Gasteiger partial charge is 0.336 e. The molecule has 0 fully saturated rings. The molecule has 0 saturated heterocycles. The van der Waals surface area contributed by atoms with Crippen LogP contribution in [0.25, 0.3) is 22.0 Å². The van der Waals surface area contributed by atoms with Crippen molar-refractivity contribution in [1.82, 2.24) is 15.6 Å². The number of aromatic amines is 1. The van der Waals surface area contributed by atoms with Crippen LogP contribution in [-0.2, 0) is 0 Å². The molecule has 0 spiro atoms. The van der Waals surface area contributed by atoms with E-state index in [2.05, 4.69) is 20.7 Å². The number of benzene rings is 3. The zero-order valence-electron chi connectivity index (χ0n) is 15.2. The molecule has 142 valence electrons. The molecule has 29 heavy (non-hydrogen) atoms. The van der Waals surface area contributed by atoms with Crippen molar-refractivity contribution in [2.45, 2.75) is 0 Å². The number of hydrogen-bond acceptors (Lipinski definition) is 4. The Bertz CT molecular complexity index is 1240. The van der Waals surface area contributed by atoms with Gasteiger partial charge >= 0.3 is 5.97 Å². The Morgan fingerprint density at radius 3 is 2.55 bits per heavy atom. The lowest BCUT2D eigenvalue weighted by atomic mass is 10.1. The van der Waals surface area contributed by atoms with Gasteiger partial charge in [-0.25, -0.2) is 10.2 Å². The minimum absolute atomic E-state index is 0.102. The van der Waals surface area contributed by atoms with Gasteiger partial charge in [-0.2, -0.15) is 10.2 Å². The molecular formula is C22H16N4O3. The number of carbonyl (C=O) groups is 2. The Kier molecular flexibility index (Phi) is 4.86. The number of nitrogens with zero attached hydrogens (tertiary/aromatic N) is 2. The van der Waals surface area contributed by atoms with E-state index in [1.165, 1.54) is 12.3 Å². The molecule has 4 aromatic rings. The van der Waals surface area contributed by atoms with E-state index < -0.39 is 11.9 Å². The van der Waals surface area contributed by atoms with Gasteiger partial charge in [0.2, 0.25) is 0 Å². The molecule has 0 aliphatic rings. The molecule has 1 heterocycles. The number of hydrazone groups is 1. The summed E-state index contributed by atoms with van der Waals surface area (Å²) in [6.07, 6.45) is 1.29. The summed E-state index contributed by atoms with van der Waals surface area (Å²) >= 11 is 0. The van der Waals surface area contributed by atoms with E-state index >= 15 is 0 Å². The number of aromatic carboxylic acids is 1. The second-order valence-electron chi connectivity index (χ2n) is 6.32. The third-order valence-electron chi connectivity index (χ3n) is 4.43. The molecule has 7 nitrogen and oxygen atoms in total. The minimum atomic E-state index is -1.06. The molecule has 0 atom stereocenters. The highest BCUT2D eigenvalue weighted by molar-refractivity contribution is 5.99. The van der Waals surface area contributed by atoms with Gasteiger partial charge < -0.3 is 5.11 Å². The lowest BCUT2D eigenvalue weighted by molar-refractivity contribution is 0.0696. The van der Waals surface area contributed by atoms with Crippen molar-refractivity contribution in [3.63, 3.8) is 0 Å². The van der Waals surface area contributed by atoms with E-state index in [1.54, 1.807) is 24.3 Å². The number of carboxylic acids is 1. The summed E-state index contributed by atoms with van der Waals surface area (Å²) in [7, 11) is 0. The highest BCUT2D eigenvalue weighted by Crippen LogP contribution is 2.23. The highest BCUT2D eigenvalue weighted by Gasteiger charge is 2.11. The van der Waals surface area contributed by atoms with Crippen molar-refractivity contribution in [1.29, 1.82) is 0 Å². The molecule has 0 aliphatic carbocycles. The van der Waals surface area contributed by atoms with E-state index in [0.29, 0.717) is 11.3 Å². The van der Waals surface area contributed by atoms with Crippen LogP contribution in [0.4, 0.5) is 0 Å². The number of amides is 1. The van der Waals surface area contributed by atoms with Gasteiger partial charge in [0.25, 0.3) is 5.91 Å². The fourth-order valence-corrected chi connectivity index (χ4v) is 2.96. The summed E-state index contributed by atoms with van der Waals surface area (Å²) in [4.78, 5) is 23.5. The van der Waals surface area contributed by atoms with Crippen LogP contribution < -0.4 is 5.43 Å². The van der Waals surface area contributed by atoms with Crippen LogP contribution in [0, 0.1) is 0 Å². The molecule has 4 rings (SSSR count). The second kappa shape index (κ2) is 7.77. The number of rotatable bonds is 5. The van der Waals surface area contributed by atoms with Gasteiger partial charge in [0.05, 0.1) is 17.5 Å². The third kappa shape index (κ3) is 3.89. The Morgan fingerprint density at radius 1 is 0.966 bits per heavy atom. The fraction of sp³-hybridized carbons (Fsp3) is 0. The number of H-pyrrole nitrogens is 1. The molecule has 0 bridgehead atoms. The third-order valence-corrected chi connectivity index (χ3v) is 4.43. The van der Waals surface area contributed by atoms with E-state index in [4.69, 9.17) is 5.11 Å². The van der Waals surface area contributed by atoms with Crippen LogP contribution >= 0.6 is 0 Å². The van der Waals surface area contributed by atoms with E-state index in [1.807, 2.05) is 42.5 Å². The zero-order chi connectivity index (χ0) is 20.2. The number of carbonyl (C=O) groups excluding carboxylic acids is 1. The van der Waals surface area contributed by atoms with Crippen LogP contribution in [0.1, 0.15) is 26.4 Å². The maximum Gasteiger partial charge on any atom is 0.336 e. The van der Waals surface area contributed by atoms with Crippen molar-refractivity contribution < 1.29 is 14.7 Å².